The fourth-order valence-electron chi connectivity index (χ4n) is 3.56. The number of rotatable bonds is 3. The Morgan fingerprint density at radius 1 is 1.25 bits per heavy atom. The number of hydrogen-bond donors (Lipinski definition) is 1. The van der Waals surface area contributed by atoms with Crippen LogP contribution in [0.25, 0.3) is 5.52 Å². The molecular weight excluding hydrogens is 250 g/mol. The molecule has 1 N–H and O–H groups in total. The molecule has 0 unspecified atom stereocenters. The first-order valence-electron chi connectivity index (χ1n) is 7.54. The van der Waals surface area contributed by atoms with Crippen molar-refractivity contribution >= 4 is 11.4 Å². The number of hydrogen-bond acceptors (Lipinski definition) is 2. The molecule has 4 heteroatoms. The fourth-order valence-corrected chi connectivity index (χ4v) is 3.56. The van der Waals surface area contributed by atoms with Gasteiger partial charge >= 0.3 is 0 Å². The third kappa shape index (κ3) is 2.09. The molecule has 104 valence electrons. The number of fused-ring (bicyclic) bond motifs is 1. The third-order valence-electron chi connectivity index (χ3n) is 4.78. The van der Waals surface area contributed by atoms with Crippen LogP contribution in [0, 0.1) is 11.8 Å². The Hall–Kier alpha value is -1.84. The van der Waals surface area contributed by atoms with Crippen LogP contribution in [0.1, 0.15) is 42.5 Å². The van der Waals surface area contributed by atoms with E-state index in [0.29, 0.717) is 6.04 Å². The van der Waals surface area contributed by atoms with E-state index < -0.39 is 0 Å². The van der Waals surface area contributed by atoms with Gasteiger partial charge in [0.2, 0.25) is 0 Å². The van der Waals surface area contributed by atoms with Gasteiger partial charge in [0, 0.05) is 12.2 Å². The van der Waals surface area contributed by atoms with E-state index in [2.05, 4.69) is 10.3 Å². The average Bonchev–Trinajstić information content (AvgIpc) is 3.01. The van der Waals surface area contributed by atoms with Crippen LogP contribution >= 0.6 is 0 Å². The summed E-state index contributed by atoms with van der Waals surface area (Å²) >= 11 is 0. The number of nitrogens with zero attached hydrogens (tertiary/aromatic N) is 2. The summed E-state index contributed by atoms with van der Waals surface area (Å²) in [5.41, 5.74) is 1.73. The van der Waals surface area contributed by atoms with Crippen LogP contribution < -0.4 is 5.32 Å². The highest BCUT2D eigenvalue weighted by molar-refractivity contribution is 5.94. The smallest absolute Gasteiger partial charge is 0.253 e. The summed E-state index contributed by atoms with van der Waals surface area (Å²) in [5, 5.41) is 3.25. The summed E-state index contributed by atoms with van der Waals surface area (Å²) in [6.45, 7) is 0. The summed E-state index contributed by atoms with van der Waals surface area (Å²) in [5.74, 6) is 1.65. The Morgan fingerprint density at radius 2 is 2.15 bits per heavy atom. The molecule has 2 aromatic rings. The molecule has 0 aromatic carbocycles. The van der Waals surface area contributed by atoms with Gasteiger partial charge in [0.15, 0.2) is 0 Å². The first-order valence-corrected chi connectivity index (χ1v) is 7.54. The highest BCUT2D eigenvalue weighted by atomic mass is 16.1. The predicted molar refractivity (Wildman–Crippen MR) is 76.5 cm³/mol. The van der Waals surface area contributed by atoms with Crippen molar-refractivity contribution in [2.45, 2.75) is 38.1 Å². The minimum atomic E-state index is 0.0538. The standard InChI is InChI=1S/C16H19N3O/c20-16(12-6-7-13-8-17-10-19(13)9-12)18-15-3-1-2-14(15)11-4-5-11/h6-11,14-15H,1-5H2,(H,18,20)/t14-,15-/m1/s1. The molecule has 2 aromatic heterocycles. The Labute approximate surface area is 118 Å². The largest absolute Gasteiger partial charge is 0.349 e. The minimum Gasteiger partial charge on any atom is -0.349 e. The third-order valence-corrected chi connectivity index (χ3v) is 4.78. The fraction of sp³-hybridized carbons (Fsp3) is 0.500. The zero-order valence-electron chi connectivity index (χ0n) is 11.5. The van der Waals surface area contributed by atoms with Crippen molar-refractivity contribution < 1.29 is 4.79 Å². The molecule has 0 aliphatic heterocycles. The van der Waals surface area contributed by atoms with Crippen molar-refractivity contribution in [3.63, 3.8) is 0 Å². The SMILES string of the molecule is O=C(N[C@@H]1CCC[C@@H]1C1CC1)c1ccc2cncn2c1. The van der Waals surface area contributed by atoms with Gasteiger partial charge in [-0.15, -0.1) is 0 Å². The van der Waals surface area contributed by atoms with Gasteiger partial charge in [0.1, 0.15) is 0 Å². The second kappa shape index (κ2) is 4.62. The molecule has 2 fully saturated rings. The molecule has 1 amide bonds. The normalized spacial score (nSPS) is 26.0. The number of pyridine rings is 1. The summed E-state index contributed by atoms with van der Waals surface area (Å²) in [6, 6.07) is 4.20. The Kier molecular flexibility index (Phi) is 2.76. The van der Waals surface area contributed by atoms with Gasteiger partial charge in [-0.25, -0.2) is 4.98 Å². The number of amides is 1. The maximum Gasteiger partial charge on any atom is 0.253 e. The monoisotopic (exact) mass is 269 g/mol. The van der Waals surface area contributed by atoms with Crippen LogP contribution in [-0.4, -0.2) is 21.3 Å². The predicted octanol–water partition coefficient (Wildman–Crippen LogP) is 2.64. The van der Waals surface area contributed by atoms with Gasteiger partial charge < -0.3 is 9.72 Å². The maximum atomic E-state index is 12.4. The molecule has 2 heterocycles. The van der Waals surface area contributed by atoms with Crippen LogP contribution in [0.3, 0.4) is 0 Å². The number of carbonyl (C=O) groups is 1. The molecule has 0 spiro atoms. The van der Waals surface area contributed by atoms with Crippen LogP contribution in [-0.2, 0) is 0 Å². The molecule has 4 rings (SSSR count). The Balaban J connectivity index is 1.51. The van der Waals surface area contributed by atoms with E-state index in [1.54, 1.807) is 12.5 Å². The second-order valence-electron chi connectivity index (χ2n) is 6.16. The lowest BCUT2D eigenvalue weighted by Crippen LogP contribution is -2.38. The van der Waals surface area contributed by atoms with Gasteiger partial charge in [-0.3, -0.25) is 4.79 Å². The highest BCUT2D eigenvalue weighted by Gasteiger charge is 2.39. The number of aromatic nitrogens is 2. The zero-order chi connectivity index (χ0) is 13.5. The van der Waals surface area contributed by atoms with Crippen molar-refractivity contribution in [1.82, 2.24) is 14.7 Å². The molecule has 2 aliphatic rings. The first-order chi connectivity index (χ1) is 9.81. The minimum absolute atomic E-state index is 0.0538. The molecule has 4 nitrogen and oxygen atoms in total. The lowest BCUT2D eigenvalue weighted by molar-refractivity contribution is 0.0924. The van der Waals surface area contributed by atoms with Gasteiger partial charge in [-0.1, -0.05) is 6.42 Å². The summed E-state index contributed by atoms with van der Waals surface area (Å²) in [6.07, 6.45) is 11.8. The van der Waals surface area contributed by atoms with Crippen LogP contribution in [0.2, 0.25) is 0 Å². The number of imidazole rings is 1. The molecular formula is C16H19N3O. The van der Waals surface area contributed by atoms with Crippen molar-refractivity contribution in [3.05, 3.63) is 36.4 Å². The van der Waals surface area contributed by atoms with E-state index >= 15 is 0 Å². The van der Waals surface area contributed by atoms with Crippen molar-refractivity contribution in [2.24, 2.45) is 11.8 Å². The Bertz CT molecular complexity index is 644. The number of carbonyl (C=O) groups excluding carboxylic acids is 1. The molecule has 0 saturated heterocycles. The van der Waals surface area contributed by atoms with Gasteiger partial charge in [0.05, 0.1) is 23.6 Å². The quantitative estimate of drug-likeness (QED) is 0.931. The molecule has 2 aliphatic carbocycles. The maximum absolute atomic E-state index is 12.4. The van der Waals surface area contributed by atoms with Crippen LogP contribution in [0.15, 0.2) is 30.9 Å². The summed E-state index contributed by atoms with van der Waals surface area (Å²) in [7, 11) is 0. The van der Waals surface area contributed by atoms with E-state index in [1.807, 2.05) is 22.7 Å². The van der Waals surface area contributed by atoms with Crippen molar-refractivity contribution in [1.29, 1.82) is 0 Å². The van der Waals surface area contributed by atoms with Crippen molar-refractivity contribution in [2.75, 3.05) is 0 Å². The second-order valence-corrected chi connectivity index (χ2v) is 6.16. The topological polar surface area (TPSA) is 46.4 Å². The van der Waals surface area contributed by atoms with Gasteiger partial charge in [0.25, 0.3) is 5.91 Å². The van der Waals surface area contributed by atoms with Gasteiger partial charge in [-0.05, 0) is 49.7 Å². The lowest BCUT2D eigenvalue weighted by atomic mass is 9.97. The zero-order valence-corrected chi connectivity index (χ0v) is 11.5. The van der Waals surface area contributed by atoms with E-state index in [0.717, 1.165) is 29.3 Å². The first kappa shape index (κ1) is 11.9. The molecule has 2 atom stereocenters. The van der Waals surface area contributed by atoms with Crippen molar-refractivity contribution in [3.8, 4) is 0 Å². The van der Waals surface area contributed by atoms with E-state index in [-0.39, 0.29) is 5.91 Å². The summed E-state index contributed by atoms with van der Waals surface area (Å²) in [4.78, 5) is 16.5. The molecule has 2 saturated carbocycles. The average molecular weight is 269 g/mol. The molecule has 0 radical (unpaired) electrons. The summed E-state index contributed by atoms with van der Waals surface area (Å²) < 4.78 is 1.89. The number of nitrogens with one attached hydrogen (secondary N) is 1. The highest BCUT2D eigenvalue weighted by Crippen LogP contribution is 2.45. The lowest BCUT2D eigenvalue weighted by Gasteiger charge is -2.20. The van der Waals surface area contributed by atoms with E-state index in [9.17, 15) is 4.79 Å². The molecule has 20 heavy (non-hydrogen) atoms. The molecule has 0 bridgehead atoms. The van der Waals surface area contributed by atoms with Crippen LogP contribution in [0.4, 0.5) is 0 Å². The van der Waals surface area contributed by atoms with E-state index in [1.165, 1.54) is 25.7 Å². The van der Waals surface area contributed by atoms with Gasteiger partial charge in [-0.2, -0.15) is 0 Å². The Morgan fingerprint density at radius 3 is 3.00 bits per heavy atom. The van der Waals surface area contributed by atoms with Crippen LogP contribution in [0.5, 0.6) is 0 Å². The van der Waals surface area contributed by atoms with E-state index in [4.69, 9.17) is 0 Å².